The van der Waals surface area contributed by atoms with Crippen LogP contribution < -0.4 is 15.6 Å². The minimum Gasteiger partial charge on any atom is -0.502 e. The number of phenolic OH excluding ortho intramolecular Hbond substituents is 1. The first-order valence-corrected chi connectivity index (χ1v) is 10.5. The summed E-state index contributed by atoms with van der Waals surface area (Å²) in [5.41, 5.74) is 1.60. The number of nitrogens with zero attached hydrogens (tertiary/aromatic N) is 3. The number of aromatic hydroxyl groups is 1. The molecule has 3 aromatic rings. The van der Waals surface area contributed by atoms with E-state index in [0.717, 1.165) is 24.3 Å². The Hall–Kier alpha value is -3.40. The number of anilines is 1. The third-order valence-corrected chi connectivity index (χ3v) is 5.78. The van der Waals surface area contributed by atoms with Gasteiger partial charge in [0.2, 0.25) is 5.16 Å². The molecule has 0 bridgehead atoms. The molecule has 30 heavy (non-hydrogen) atoms. The predicted molar refractivity (Wildman–Crippen MR) is 113 cm³/mol. The molecule has 154 valence electrons. The van der Waals surface area contributed by atoms with E-state index in [4.69, 9.17) is 0 Å². The van der Waals surface area contributed by atoms with Gasteiger partial charge in [-0.05, 0) is 35.4 Å². The first-order chi connectivity index (χ1) is 14.5. The highest BCUT2D eigenvalue weighted by Gasteiger charge is 2.38. The molecule has 1 aromatic heterocycles. The van der Waals surface area contributed by atoms with Gasteiger partial charge in [-0.2, -0.15) is 0 Å². The molecule has 0 amide bonds. The minimum atomic E-state index is -0.651. The van der Waals surface area contributed by atoms with Gasteiger partial charge in [0.25, 0.3) is 6.17 Å². The highest BCUT2D eigenvalue weighted by atomic mass is 32.2. The van der Waals surface area contributed by atoms with Crippen LogP contribution in [0, 0.1) is 10.1 Å². The molecular weight excluding hydrogens is 406 g/mol. The zero-order valence-electron chi connectivity index (χ0n) is 16.2. The maximum Gasteiger partial charge on any atom is 0.325 e. The van der Waals surface area contributed by atoms with E-state index in [1.54, 1.807) is 10.7 Å². The third-order valence-electron chi connectivity index (χ3n) is 4.83. The van der Waals surface area contributed by atoms with Crippen LogP contribution in [0.4, 0.5) is 11.4 Å². The van der Waals surface area contributed by atoms with Gasteiger partial charge in [-0.3, -0.25) is 19.9 Å². The summed E-state index contributed by atoms with van der Waals surface area (Å²) in [6.45, 7) is 2.09. The van der Waals surface area contributed by atoms with Gasteiger partial charge in [0.1, 0.15) is 0 Å². The van der Waals surface area contributed by atoms with Gasteiger partial charge in [0.05, 0.1) is 21.7 Å². The number of phenols is 1. The van der Waals surface area contributed by atoms with Gasteiger partial charge in [0, 0.05) is 16.9 Å². The van der Waals surface area contributed by atoms with Gasteiger partial charge in [-0.1, -0.05) is 37.2 Å². The van der Waals surface area contributed by atoms with E-state index in [9.17, 15) is 20.0 Å². The molecule has 0 spiro atoms. The van der Waals surface area contributed by atoms with E-state index in [1.807, 2.05) is 24.3 Å². The maximum atomic E-state index is 13.0. The molecule has 3 N–H and O–H groups in total. The number of nitro groups is 1. The Balaban J connectivity index is 1.88. The Morgan fingerprint density at radius 2 is 2.10 bits per heavy atom. The monoisotopic (exact) mass is 426 g/mol. The standard InChI is InChI=1S/C20H19N5O4S/c1-2-3-10-30-20-22-19(27)17-13-6-4-5-7-14(13)21-18(24(17)23-20)12-8-9-16(26)15(11-12)25(28)29/h4-9,11,18H,2-3,10H2,1H3,(H2,22,23,26,27)/p+1/t18-/m1/s1. The molecule has 4 rings (SSSR count). The summed E-state index contributed by atoms with van der Waals surface area (Å²) < 4.78 is 1.56. The van der Waals surface area contributed by atoms with Crippen molar-refractivity contribution in [1.82, 2.24) is 10.1 Å². The second kappa shape index (κ2) is 8.15. The van der Waals surface area contributed by atoms with Gasteiger partial charge in [0.15, 0.2) is 5.75 Å². The Labute approximate surface area is 175 Å². The van der Waals surface area contributed by atoms with E-state index in [-0.39, 0.29) is 5.56 Å². The summed E-state index contributed by atoms with van der Waals surface area (Å²) in [6.07, 6.45) is 1.37. The quantitative estimate of drug-likeness (QED) is 0.182. The van der Waals surface area contributed by atoms with Crippen molar-refractivity contribution in [1.29, 1.82) is 0 Å². The van der Waals surface area contributed by atoms with Crippen molar-refractivity contribution in [3.05, 3.63) is 68.5 Å². The number of H-pyrrole nitrogens is 1. The smallest absolute Gasteiger partial charge is 0.325 e. The summed E-state index contributed by atoms with van der Waals surface area (Å²) in [7, 11) is 0. The van der Waals surface area contributed by atoms with E-state index in [2.05, 4.69) is 22.3 Å². The van der Waals surface area contributed by atoms with Crippen LogP contribution in [-0.4, -0.2) is 25.9 Å². The zero-order valence-corrected chi connectivity index (χ0v) is 17.0. The number of rotatable bonds is 6. The van der Waals surface area contributed by atoms with Crippen molar-refractivity contribution in [2.75, 3.05) is 11.1 Å². The number of hydrogen-bond donors (Lipinski definition) is 3. The highest BCUT2D eigenvalue weighted by molar-refractivity contribution is 7.99. The number of hydrogen-bond acceptors (Lipinski definition) is 7. The van der Waals surface area contributed by atoms with Crippen molar-refractivity contribution in [2.45, 2.75) is 31.1 Å². The summed E-state index contributed by atoms with van der Waals surface area (Å²) >= 11 is 1.46. The molecule has 9 nitrogen and oxygen atoms in total. The molecule has 2 heterocycles. The molecule has 0 aliphatic carbocycles. The lowest BCUT2D eigenvalue weighted by Crippen LogP contribution is -2.55. The first kappa shape index (κ1) is 19.9. The molecular formula is C20H20N5O4S+. The number of unbranched alkanes of at least 4 members (excludes halogenated alkanes) is 1. The normalized spacial score (nSPS) is 14.5. The Bertz CT molecular complexity index is 1180. The summed E-state index contributed by atoms with van der Waals surface area (Å²) in [6, 6.07) is 11.5. The van der Waals surface area contributed by atoms with Crippen molar-refractivity contribution in [2.24, 2.45) is 0 Å². The van der Waals surface area contributed by atoms with Gasteiger partial charge in [-0.25, -0.2) is 0 Å². The molecule has 0 unspecified atom stereocenters. The SMILES string of the molecule is CCCCSc1n[n+]2c(c(=O)[nH]1)-c1ccccc1N[C@H]2c1ccc(O)c([N+](=O)[O-])c1. The highest BCUT2D eigenvalue weighted by Crippen LogP contribution is 2.34. The van der Waals surface area contributed by atoms with E-state index >= 15 is 0 Å². The molecule has 0 saturated heterocycles. The fourth-order valence-electron chi connectivity index (χ4n) is 3.35. The number of aromatic nitrogens is 3. The van der Waals surface area contributed by atoms with E-state index in [0.29, 0.717) is 22.0 Å². The van der Waals surface area contributed by atoms with Crippen molar-refractivity contribution in [3.8, 4) is 17.0 Å². The molecule has 1 atom stereocenters. The van der Waals surface area contributed by atoms with Crippen LogP contribution in [0.15, 0.2) is 52.4 Å². The second-order valence-corrected chi connectivity index (χ2v) is 7.94. The molecule has 2 aromatic carbocycles. The molecule has 0 radical (unpaired) electrons. The molecule has 0 saturated carbocycles. The number of fused-ring (bicyclic) bond motifs is 3. The lowest BCUT2D eigenvalue weighted by atomic mass is 10.0. The fraction of sp³-hybridized carbons (Fsp3) is 0.250. The number of aromatic amines is 1. The van der Waals surface area contributed by atoms with Crippen LogP contribution >= 0.6 is 11.8 Å². The number of para-hydroxylation sites is 1. The number of thioether (sulfide) groups is 1. The summed E-state index contributed by atoms with van der Waals surface area (Å²) in [4.78, 5) is 26.5. The molecule has 1 aliphatic heterocycles. The largest absolute Gasteiger partial charge is 0.502 e. The van der Waals surface area contributed by atoms with Crippen LogP contribution in [0.1, 0.15) is 31.5 Å². The molecule has 10 heteroatoms. The van der Waals surface area contributed by atoms with E-state index in [1.165, 1.54) is 23.9 Å². The van der Waals surface area contributed by atoms with Gasteiger partial charge < -0.3 is 10.4 Å². The number of benzene rings is 2. The lowest BCUT2D eigenvalue weighted by molar-refractivity contribution is -0.759. The summed E-state index contributed by atoms with van der Waals surface area (Å²) in [5.74, 6) is 0.401. The minimum absolute atomic E-state index is 0.281. The van der Waals surface area contributed by atoms with Crippen LogP contribution in [0.5, 0.6) is 5.75 Å². The summed E-state index contributed by atoms with van der Waals surface area (Å²) in [5, 5.41) is 29.5. The Morgan fingerprint density at radius 3 is 2.87 bits per heavy atom. The van der Waals surface area contributed by atoms with Gasteiger partial charge in [-0.15, -0.1) is 0 Å². The predicted octanol–water partition coefficient (Wildman–Crippen LogP) is 3.20. The Kier molecular flexibility index (Phi) is 5.40. The van der Waals surface area contributed by atoms with Crippen LogP contribution in [-0.2, 0) is 0 Å². The number of nitro benzene ring substituents is 1. The van der Waals surface area contributed by atoms with E-state index < -0.39 is 22.5 Å². The second-order valence-electron chi connectivity index (χ2n) is 6.85. The van der Waals surface area contributed by atoms with Crippen LogP contribution in [0.25, 0.3) is 11.3 Å². The number of nitrogens with one attached hydrogen (secondary N) is 2. The zero-order chi connectivity index (χ0) is 21.3. The van der Waals surface area contributed by atoms with Crippen molar-refractivity contribution >= 4 is 23.1 Å². The first-order valence-electron chi connectivity index (χ1n) is 9.51. The van der Waals surface area contributed by atoms with Crippen LogP contribution in [0.3, 0.4) is 0 Å². The van der Waals surface area contributed by atoms with Crippen molar-refractivity contribution < 1.29 is 14.7 Å². The fourth-order valence-corrected chi connectivity index (χ4v) is 4.29. The average Bonchev–Trinajstić information content (AvgIpc) is 2.73. The average molecular weight is 426 g/mol. The molecule has 0 fully saturated rings. The van der Waals surface area contributed by atoms with Gasteiger partial charge >= 0.3 is 16.9 Å². The van der Waals surface area contributed by atoms with Crippen molar-refractivity contribution in [3.63, 3.8) is 0 Å². The lowest BCUT2D eigenvalue weighted by Gasteiger charge is -2.22. The topological polar surface area (TPSA) is 125 Å². The molecule has 1 aliphatic rings. The van der Waals surface area contributed by atoms with Crippen LogP contribution in [0.2, 0.25) is 0 Å². The third kappa shape index (κ3) is 3.61. The Morgan fingerprint density at radius 1 is 1.30 bits per heavy atom. The maximum absolute atomic E-state index is 13.0.